The number of aryl methyl sites for hydroxylation is 2. The number of hydrogen-bond donors (Lipinski definition) is 1. The van der Waals surface area contributed by atoms with Crippen molar-refractivity contribution in [1.29, 1.82) is 0 Å². The third kappa shape index (κ3) is 5.14. The summed E-state index contributed by atoms with van der Waals surface area (Å²) in [6, 6.07) is 23.9. The maximum atomic E-state index is 12.7. The van der Waals surface area contributed by atoms with E-state index in [-0.39, 0.29) is 5.91 Å². The monoisotopic (exact) mass is 377 g/mol. The highest BCUT2D eigenvalue weighted by atomic mass is 32.2. The molecule has 0 aliphatic carbocycles. The van der Waals surface area contributed by atoms with Crippen molar-refractivity contribution >= 4 is 23.4 Å². The van der Waals surface area contributed by atoms with Crippen molar-refractivity contribution in [2.75, 3.05) is 5.32 Å². The van der Waals surface area contributed by atoms with E-state index in [2.05, 4.69) is 17.4 Å². The van der Waals surface area contributed by atoms with Crippen molar-refractivity contribution in [2.45, 2.75) is 36.7 Å². The molecule has 0 aromatic heterocycles. The Hall–Kier alpha value is -2.72. The first-order valence-electron chi connectivity index (χ1n) is 8.89. The molecule has 0 heterocycles. The van der Waals surface area contributed by atoms with E-state index in [1.807, 2.05) is 74.5 Å². The summed E-state index contributed by atoms with van der Waals surface area (Å²) in [6.07, 6.45) is -0.597. The molecule has 0 aliphatic heterocycles. The van der Waals surface area contributed by atoms with Crippen molar-refractivity contribution in [3.8, 4) is 5.75 Å². The molecule has 1 atom stereocenters. The van der Waals surface area contributed by atoms with E-state index >= 15 is 0 Å². The number of nitrogens with one attached hydrogen (secondary N) is 1. The van der Waals surface area contributed by atoms with Crippen LogP contribution >= 0.6 is 11.8 Å². The Bertz CT molecular complexity index is 925. The van der Waals surface area contributed by atoms with Gasteiger partial charge in [0.2, 0.25) is 0 Å². The zero-order chi connectivity index (χ0) is 19.2. The molecule has 0 spiro atoms. The third-order valence-corrected chi connectivity index (χ3v) is 5.22. The Kier molecular flexibility index (Phi) is 6.20. The molecule has 0 unspecified atom stereocenters. The normalized spacial score (nSPS) is 11.7. The van der Waals surface area contributed by atoms with Crippen molar-refractivity contribution in [2.24, 2.45) is 0 Å². The topological polar surface area (TPSA) is 38.3 Å². The summed E-state index contributed by atoms with van der Waals surface area (Å²) in [5.41, 5.74) is 2.90. The van der Waals surface area contributed by atoms with Crippen LogP contribution in [0.25, 0.3) is 0 Å². The van der Waals surface area contributed by atoms with Crippen molar-refractivity contribution in [3.63, 3.8) is 0 Å². The van der Waals surface area contributed by atoms with Gasteiger partial charge in [0.15, 0.2) is 6.10 Å². The van der Waals surface area contributed by atoms with Crippen LogP contribution in [0.15, 0.2) is 82.6 Å². The SMILES string of the molecule is Cc1ccc(C)c(O[C@@H](C)C(=O)Nc2ccccc2Sc2ccccc2)c1. The molecule has 0 bridgehead atoms. The number of rotatable bonds is 6. The van der Waals surface area contributed by atoms with Gasteiger partial charge in [-0.25, -0.2) is 0 Å². The number of amides is 1. The molecule has 0 aliphatic rings. The van der Waals surface area contributed by atoms with E-state index in [1.165, 1.54) is 0 Å². The number of ether oxygens (including phenoxy) is 1. The van der Waals surface area contributed by atoms with Crippen LogP contribution in [-0.4, -0.2) is 12.0 Å². The van der Waals surface area contributed by atoms with E-state index in [1.54, 1.807) is 18.7 Å². The average molecular weight is 378 g/mol. The van der Waals surface area contributed by atoms with Crippen LogP contribution in [0, 0.1) is 13.8 Å². The van der Waals surface area contributed by atoms with E-state index in [0.29, 0.717) is 0 Å². The van der Waals surface area contributed by atoms with Crippen LogP contribution < -0.4 is 10.1 Å². The van der Waals surface area contributed by atoms with Gasteiger partial charge in [-0.3, -0.25) is 4.79 Å². The van der Waals surface area contributed by atoms with Crippen molar-refractivity contribution in [3.05, 3.63) is 83.9 Å². The van der Waals surface area contributed by atoms with Crippen LogP contribution in [-0.2, 0) is 4.79 Å². The Labute approximate surface area is 164 Å². The molecule has 3 aromatic carbocycles. The lowest BCUT2D eigenvalue weighted by Gasteiger charge is -2.18. The fraction of sp³-hybridized carbons (Fsp3) is 0.174. The molecule has 4 heteroatoms. The van der Waals surface area contributed by atoms with Gasteiger partial charge in [-0.1, -0.05) is 54.2 Å². The van der Waals surface area contributed by atoms with Crippen LogP contribution in [0.2, 0.25) is 0 Å². The van der Waals surface area contributed by atoms with E-state index in [4.69, 9.17) is 4.74 Å². The second-order valence-corrected chi connectivity index (χ2v) is 7.54. The molecule has 1 amide bonds. The third-order valence-electron chi connectivity index (χ3n) is 4.13. The smallest absolute Gasteiger partial charge is 0.265 e. The number of carbonyl (C=O) groups excluding carboxylic acids is 1. The summed E-state index contributed by atoms with van der Waals surface area (Å²) < 4.78 is 5.90. The molecule has 0 radical (unpaired) electrons. The van der Waals surface area contributed by atoms with Gasteiger partial charge in [0.1, 0.15) is 5.75 Å². The van der Waals surface area contributed by atoms with Crippen LogP contribution in [0.4, 0.5) is 5.69 Å². The number of para-hydroxylation sites is 1. The highest BCUT2D eigenvalue weighted by Gasteiger charge is 2.17. The molecule has 27 heavy (non-hydrogen) atoms. The second-order valence-electron chi connectivity index (χ2n) is 6.43. The fourth-order valence-corrected chi connectivity index (χ4v) is 3.51. The first kappa shape index (κ1) is 19.1. The van der Waals surface area contributed by atoms with Crippen LogP contribution in [0.5, 0.6) is 5.75 Å². The summed E-state index contributed by atoms with van der Waals surface area (Å²) in [7, 11) is 0. The van der Waals surface area contributed by atoms with Gasteiger partial charge >= 0.3 is 0 Å². The average Bonchev–Trinajstić information content (AvgIpc) is 2.67. The number of anilines is 1. The molecule has 3 rings (SSSR count). The summed E-state index contributed by atoms with van der Waals surface area (Å²) in [5, 5.41) is 3.00. The van der Waals surface area contributed by atoms with E-state index < -0.39 is 6.10 Å². The van der Waals surface area contributed by atoms with E-state index in [9.17, 15) is 4.79 Å². The Balaban J connectivity index is 1.71. The summed E-state index contributed by atoms with van der Waals surface area (Å²) in [4.78, 5) is 14.8. The van der Waals surface area contributed by atoms with Gasteiger partial charge < -0.3 is 10.1 Å². The second kappa shape index (κ2) is 8.78. The van der Waals surface area contributed by atoms with Gasteiger partial charge in [-0.2, -0.15) is 0 Å². The number of benzene rings is 3. The highest BCUT2D eigenvalue weighted by molar-refractivity contribution is 7.99. The number of carbonyl (C=O) groups is 1. The Morgan fingerprint density at radius 2 is 1.67 bits per heavy atom. The number of hydrogen-bond acceptors (Lipinski definition) is 3. The van der Waals surface area contributed by atoms with Gasteiger partial charge in [0.05, 0.1) is 5.69 Å². The molecule has 138 valence electrons. The first-order valence-corrected chi connectivity index (χ1v) is 9.71. The molecular weight excluding hydrogens is 354 g/mol. The minimum Gasteiger partial charge on any atom is -0.481 e. The summed E-state index contributed by atoms with van der Waals surface area (Å²) in [6.45, 7) is 5.75. The maximum Gasteiger partial charge on any atom is 0.265 e. The van der Waals surface area contributed by atoms with Gasteiger partial charge in [-0.05, 0) is 62.2 Å². The van der Waals surface area contributed by atoms with Gasteiger partial charge in [0, 0.05) is 9.79 Å². The molecule has 3 aromatic rings. The molecule has 1 N–H and O–H groups in total. The Morgan fingerprint density at radius 3 is 2.44 bits per heavy atom. The quantitative estimate of drug-likeness (QED) is 0.585. The van der Waals surface area contributed by atoms with Crippen molar-refractivity contribution < 1.29 is 9.53 Å². The van der Waals surface area contributed by atoms with E-state index in [0.717, 1.165) is 32.4 Å². The maximum absolute atomic E-state index is 12.7. The lowest BCUT2D eigenvalue weighted by atomic mass is 10.1. The zero-order valence-corrected chi connectivity index (χ0v) is 16.5. The van der Waals surface area contributed by atoms with Crippen LogP contribution in [0.3, 0.4) is 0 Å². The predicted molar refractivity (Wildman–Crippen MR) is 112 cm³/mol. The minimum absolute atomic E-state index is 0.169. The lowest BCUT2D eigenvalue weighted by Crippen LogP contribution is -2.30. The molecule has 0 saturated carbocycles. The summed E-state index contributed by atoms with van der Waals surface area (Å²) >= 11 is 1.62. The molecule has 3 nitrogen and oxygen atoms in total. The van der Waals surface area contributed by atoms with Gasteiger partial charge in [-0.15, -0.1) is 0 Å². The highest BCUT2D eigenvalue weighted by Crippen LogP contribution is 2.33. The first-order chi connectivity index (χ1) is 13.0. The molecule has 0 saturated heterocycles. The molecular formula is C23H23NO2S. The standard InChI is InChI=1S/C23H23NO2S/c1-16-13-14-17(2)21(15-16)26-18(3)23(25)24-20-11-7-8-12-22(20)27-19-9-5-4-6-10-19/h4-15,18H,1-3H3,(H,24,25)/t18-/m0/s1. The van der Waals surface area contributed by atoms with Gasteiger partial charge in [0.25, 0.3) is 5.91 Å². The molecule has 0 fully saturated rings. The largest absolute Gasteiger partial charge is 0.481 e. The summed E-state index contributed by atoms with van der Waals surface area (Å²) in [5.74, 6) is 0.571. The van der Waals surface area contributed by atoms with Crippen molar-refractivity contribution in [1.82, 2.24) is 0 Å². The zero-order valence-electron chi connectivity index (χ0n) is 15.7. The minimum atomic E-state index is -0.597. The lowest BCUT2D eigenvalue weighted by molar-refractivity contribution is -0.122. The van der Waals surface area contributed by atoms with Crippen LogP contribution in [0.1, 0.15) is 18.1 Å². The fourth-order valence-electron chi connectivity index (χ4n) is 2.59. The Morgan fingerprint density at radius 1 is 0.963 bits per heavy atom. The predicted octanol–water partition coefficient (Wildman–Crippen LogP) is 5.86.